The molecule has 10 rings (SSSR count). The van der Waals surface area contributed by atoms with Gasteiger partial charge in [-0.05, 0) is 168 Å². The van der Waals surface area contributed by atoms with E-state index in [1.165, 1.54) is 49.6 Å². The normalized spacial score (nSPS) is 14.8. The van der Waals surface area contributed by atoms with Crippen molar-refractivity contribution in [1.29, 1.82) is 0 Å². The molecule has 3 aliphatic heterocycles. The van der Waals surface area contributed by atoms with E-state index in [-0.39, 0.29) is 31.5 Å². The quantitative estimate of drug-likeness (QED) is 0.0262. The molecule has 0 spiro atoms. The third kappa shape index (κ3) is 12.6. The van der Waals surface area contributed by atoms with Crippen molar-refractivity contribution in [2.45, 2.75) is 99.4 Å². The molecule has 1 aliphatic carbocycles. The first kappa shape index (κ1) is 61.6. The number of rotatable bonds is 21. The van der Waals surface area contributed by atoms with Crippen LogP contribution in [0.1, 0.15) is 91.5 Å². The minimum absolute atomic E-state index is 0. The van der Waals surface area contributed by atoms with Crippen molar-refractivity contribution in [3.05, 3.63) is 195 Å². The molecule has 426 valence electrons. The average molecular weight is 1140 g/mol. The maximum atomic E-state index is 12.9. The first-order valence-corrected chi connectivity index (χ1v) is 31.2. The number of allylic oxidation sites excluding steroid dienone is 6. The topological polar surface area (TPSA) is 118 Å². The lowest BCUT2D eigenvalue weighted by atomic mass is 9.76. The molecule has 11 nitrogen and oxygen atoms in total. The van der Waals surface area contributed by atoms with Crippen molar-refractivity contribution < 1.29 is 45.9 Å². The lowest BCUT2D eigenvalue weighted by Gasteiger charge is -2.38. The van der Waals surface area contributed by atoms with Gasteiger partial charge < -0.3 is 42.0 Å². The van der Waals surface area contributed by atoms with Gasteiger partial charge in [-0.25, -0.2) is 4.58 Å². The molecule has 15 heteroatoms. The van der Waals surface area contributed by atoms with Gasteiger partial charge in [-0.15, -0.1) is 0 Å². The molecule has 82 heavy (non-hydrogen) atoms. The molecule has 6 aromatic rings. The number of hydrogen-bond acceptors (Lipinski definition) is 9. The molecular formula is C67H80B2ClN5O6Si. The maximum Gasteiger partial charge on any atom is 0.492 e. The molecule has 0 saturated carbocycles. The van der Waals surface area contributed by atoms with E-state index in [0.717, 1.165) is 73.1 Å². The van der Waals surface area contributed by atoms with Gasteiger partial charge in [0.25, 0.3) is 0 Å². The van der Waals surface area contributed by atoms with Crippen LogP contribution in [0.15, 0.2) is 150 Å². The lowest BCUT2D eigenvalue weighted by Crippen LogP contribution is -3.00. The highest BCUT2D eigenvalue weighted by Gasteiger charge is 2.41. The summed E-state index contributed by atoms with van der Waals surface area (Å²) in [6, 6.07) is 35.4. The number of carbonyl (C=O) groups excluding carboxylic acids is 2. The van der Waals surface area contributed by atoms with Crippen LogP contribution < -0.4 is 38.7 Å². The Balaban J connectivity index is 0.00000440. The molecule has 0 bridgehead atoms. The Bertz CT molecular complexity index is 3620. The molecule has 3 heterocycles. The zero-order valence-electron chi connectivity index (χ0n) is 48.4. The molecule has 0 radical (unpaired) electrons. The van der Waals surface area contributed by atoms with E-state index in [0.29, 0.717) is 83.0 Å². The van der Waals surface area contributed by atoms with E-state index in [4.69, 9.17) is 9.31 Å². The van der Waals surface area contributed by atoms with Crippen LogP contribution in [0.3, 0.4) is 0 Å². The highest BCUT2D eigenvalue weighted by Crippen LogP contribution is 2.44. The van der Waals surface area contributed by atoms with Gasteiger partial charge in [0.05, 0.1) is 13.2 Å². The molecule has 0 unspecified atom stereocenters. The van der Waals surface area contributed by atoms with E-state index in [1.54, 1.807) is 13.8 Å². The molecular weight excluding hydrogens is 1060 g/mol. The number of halogens is 1. The minimum atomic E-state index is -2.25. The van der Waals surface area contributed by atoms with Crippen molar-refractivity contribution in [1.82, 2.24) is 15.1 Å². The summed E-state index contributed by atoms with van der Waals surface area (Å²) in [4.78, 5) is 32.7. The number of anilines is 1. The van der Waals surface area contributed by atoms with E-state index in [9.17, 15) is 19.6 Å². The number of hydrogen-bond donors (Lipinski definition) is 3. The monoisotopic (exact) mass is 1140 g/mol. The van der Waals surface area contributed by atoms with E-state index in [2.05, 4.69) is 182 Å². The van der Waals surface area contributed by atoms with Crippen LogP contribution in [0.5, 0.6) is 0 Å². The van der Waals surface area contributed by atoms with Crippen LogP contribution in [0.4, 0.5) is 5.69 Å². The van der Waals surface area contributed by atoms with Crippen LogP contribution in [-0.4, -0.2) is 112 Å². The summed E-state index contributed by atoms with van der Waals surface area (Å²) in [5.74, 6) is -0.0604. The van der Waals surface area contributed by atoms with E-state index < -0.39 is 22.3 Å². The van der Waals surface area contributed by atoms with Crippen molar-refractivity contribution in [2.24, 2.45) is 0 Å². The summed E-state index contributed by atoms with van der Waals surface area (Å²) in [6.45, 7) is 21.2. The van der Waals surface area contributed by atoms with Crippen LogP contribution in [0.2, 0.25) is 13.1 Å². The summed E-state index contributed by atoms with van der Waals surface area (Å²) in [5.41, 5.74) is 16.5. The third-order valence-corrected chi connectivity index (χ3v) is 20.3. The Kier molecular flexibility index (Phi) is 19.5. The van der Waals surface area contributed by atoms with Gasteiger partial charge in [0.15, 0.2) is 11.5 Å². The second kappa shape index (κ2) is 26.0. The standard InChI is InChI=1S/C66H75B2N5O6Si.CH4.ClH/c1-43(2)60(74)24-13-14-32-72(37-46-18-15-20-48-41-78-67(76)64(46)48)40-59-53-23-12-11-22-52(53)58(39-73(33-17-31-69-66(75)44(3)4)38-47-19-16-21-49-42-79-68(77)65(47)49)54-28-25-45(34-57(54)59)63-55-29-26-50(70(5)6)35-61(55)80(9,10)62-36-51(71(7)8)27-30-56(62)63;;/h11-12,15-16,18-23,25-30,34-36,76-77H,1,3,13-14,17,24,31-33,37-42H2,2,4-10H3;1H4;1H. The predicted octanol–water partition coefficient (Wildman–Crippen LogP) is 6.02. The predicted molar refractivity (Wildman–Crippen MR) is 338 cm³/mol. The van der Waals surface area contributed by atoms with Crippen molar-refractivity contribution in [3.63, 3.8) is 0 Å². The number of benzene rings is 6. The second-order valence-corrected chi connectivity index (χ2v) is 27.6. The van der Waals surface area contributed by atoms with E-state index >= 15 is 0 Å². The van der Waals surface area contributed by atoms with Gasteiger partial charge in [0, 0.05) is 83.2 Å². The Morgan fingerprint density at radius 2 is 1.29 bits per heavy atom. The maximum absolute atomic E-state index is 12.9. The molecule has 0 aromatic heterocycles. The van der Waals surface area contributed by atoms with Gasteiger partial charge in [0.2, 0.25) is 5.91 Å². The lowest BCUT2D eigenvalue weighted by molar-refractivity contribution is -0.462. The molecule has 0 fully saturated rings. The molecule has 0 saturated heterocycles. The minimum Gasteiger partial charge on any atom is -1.00 e. The van der Waals surface area contributed by atoms with Gasteiger partial charge in [0.1, 0.15) is 22.2 Å². The Morgan fingerprint density at radius 3 is 1.87 bits per heavy atom. The zero-order valence-corrected chi connectivity index (χ0v) is 50.2. The molecule has 3 N–H and O–H groups in total. The van der Waals surface area contributed by atoms with Crippen molar-refractivity contribution >= 4 is 88.6 Å². The van der Waals surface area contributed by atoms with Crippen molar-refractivity contribution in [3.8, 4) is 0 Å². The fourth-order valence-corrected chi connectivity index (χ4v) is 15.5. The average Bonchev–Trinajstić information content (AvgIpc) is 2.95. The molecule has 0 atom stereocenters. The molecule has 6 aromatic carbocycles. The SMILES string of the molecule is C.C=C(C)C(=O)CCCCN(Cc1cccc2c1B(O)OC2)Cc1c2ccccc2c(CN(CCCNC(=O)C(=C)C)Cc2cccc3c2B(O)OC3)c2ccc(C3=C4C=CC(=[N+](C)C)C=C4[Si](C)(C)c4cc(N(C)C)ccc43)cc12.[Cl-]. The summed E-state index contributed by atoms with van der Waals surface area (Å²) in [7, 11) is 4.23. The van der Waals surface area contributed by atoms with Gasteiger partial charge in [-0.3, -0.25) is 19.4 Å². The van der Waals surface area contributed by atoms with Crippen LogP contribution >= 0.6 is 0 Å². The summed E-state index contributed by atoms with van der Waals surface area (Å²) in [6.07, 6.45) is 9.71. The third-order valence-electron chi connectivity index (χ3n) is 16.8. The van der Waals surface area contributed by atoms with Gasteiger partial charge in [-0.2, -0.15) is 0 Å². The summed E-state index contributed by atoms with van der Waals surface area (Å²) < 4.78 is 13.8. The Morgan fingerprint density at radius 1 is 0.707 bits per heavy atom. The van der Waals surface area contributed by atoms with Crippen molar-refractivity contribution in [2.75, 3.05) is 52.7 Å². The number of Topliss-reactive ketones (excluding diaryl/α,β-unsaturated/α-hetero) is 1. The Hall–Kier alpha value is -6.45. The first-order chi connectivity index (χ1) is 38.4. The smallest absolute Gasteiger partial charge is 0.492 e. The van der Waals surface area contributed by atoms with Crippen LogP contribution in [-0.2, 0) is 58.3 Å². The van der Waals surface area contributed by atoms with Gasteiger partial charge in [-0.1, -0.05) is 113 Å². The number of fused-ring (bicyclic) bond motifs is 6. The second-order valence-electron chi connectivity index (χ2n) is 23.3. The highest BCUT2D eigenvalue weighted by molar-refractivity contribution is 6.98. The fraction of sp³-hybridized carbons (Fsp3) is 0.328. The van der Waals surface area contributed by atoms with Gasteiger partial charge >= 0.3 is 14.2 Å². The number of unbranched alkanes of at least 4 members (excludes halogenated alkanes) is 1. The highest BCUT2D eigenvalue weighted by atomic mass is 35.5. The summed E-state index contributed by atoms with van der Waals surface area (Å²) in [5, 5.41) is 32.9. The number of carbonyl (C=O) groups is 2. The number of amides is 1. The van der Waals surface area contributed by atoms with E-state index in [1.807, 2.05) is 12.1 Å². The zero-order chi connectivity index (χ0) is 56.6. The largest absolute Gasteiger partial charge is 1.00 e. The fourth-order valence-electron chi connectivity index (χ4n) is 12.4. The van der Waals surface area contributed by atoms with Crippen LogP contribution in [0, 0.1) is 0 Å². The van der Waals surface area contributed by atoms with Crippen LogP contribution in [0.25, 0.3) is 27.1 Å². The number of ketones is 1. The summed E-state index contributed by atoms with van der Waals surface area (Å²) >= 11 is 0. The first-order valence-electron chi connectivity index (χ1n) is 28.2. The molecule has 4 aliphatic rings. The Labute approximate surface area is 494 Å². The number of nitrogens with one attached hydrogen (secondary N) is 1. The molecule has 1 amide bonds. The number of nitrogens with zero attached hydrogens (tertiary/aromatic N) is 4.